The Kier molecular flexibility index (Phi) is 8.40. The van der Waals surface area contributed by atoms with Crippen molar-refractivity contribution in [3.05, 3.63) is 65.4 Å². The molecule has 2 aromatic rings. The van der Waals surface area contributed by atoms with E-state index in [0.29, 0.717) is 25.2 Å². The fourth-order valence-corrected chi connectivity index (χ4v) is 3.97. The molecule has 0 saturated carbocycles. The molecule has 0 aromatic carbocycles. The van der Waals surface area contributed by atoms with Gasteiger partial charge in [-0.25, -0.2) is 0 Å². The van der Waals surface area contributed by atoms with Gasteiger partial charge in [0.1, 0.15) is 5.76 Å². The summed E-state index contributed by atoms with van der Waals surface area (Å²) in [4.78, 5) is 45.5. The summed E-state index contributed by atoms with van der Waals surface area (Å²) in [5.74, 6) is 0.457. The summed E-state index contributed by atoms with van der Waals surface area (Å²) in [5.41, 5.74) is 2.24. The Balaban J connectivity index is 1.61. The minimum absolute atomic E-state index is 0.00502. The molecule has 3 rings (SSSR count). The average molecular weight is 453 g/mol. The van der Waals surface area contributed by atoms with E-state index >= 15 is 0 Å². The zero-order chi connectivity index (χ0) is 23.8. The molecule has 2 aromatic heterocycles. The lowest BCUT2D eigenvalue weighted by molar-refractivity contribution is -0.133. The van der Waals surface area contributed by atoms with Gasteiger partial charge in [-0.3, -0.25) is 19.4 Å². The minimum Gasteiger partial charge on any atom is -0.467 e. The maximum Gasteiger partial charge on any atom is 0.255 e. The topological polar surface area (TPSA) is 95.8 Å². The lowest BCUT2D eigenvalue weighted by Crippen LogP contribution is -2.44. The van der Waals surface area contributed by atoms with Gasteiger partial charge in [0, 0.05) is 38.2 Å². The highest BCUT2D eigenvalue weighted by Crippen LogP contribution is 2.30. The van der Waals surface area contributed by atoms with E-state index in [-0.39, 0.29) is 36.6 Å². The smallest absolute Gasteiger partial charge is 0.255 e. The van der Waals surface area contributed by atoms with E-state index in [1.807, 2.05) is 32.0 Å². The molecule has 8 heteroatoms. The van der Waals surface area contributed by atoms with Gasteiger partial charge in [0.25, 0.3) is 5.91 Å². The van der Waals surface area contributed by atoms with Crippen molar-refractivity contribution in [1.29, 1.82) is 0 Å². The summed E-state index contributed by atoms with van der Waals surface area (Å²) in [5, 5.41) is 2.67. The lowest BCUT2D eigenvalue weighted by Gasteiger charge is -2.33. The predicted molar refractivity (Wildman–Crippen MR) is 124 cm³/mol. The Hall–Kier alpha value is -3.42. The number of carbonyl (C=O) groups is 3. The SMILES string of the molecule is CC=CCC(=O)NCC(=O)N1CCC(c2nc(C)ccc2C(=O)N(C)Cc2ccco2)CC1. The van der Waals surface area contributed by atoms with E-state index in [4.69, 9.17) is 9.40 Å². The van der Waals surface area contributed by atoms with Crippen LogP contribution < -0.4 is 5.32 Å². The van der Waals surface area contributed by atoms with Crippen LogP contribution in [-0.2, 0) is 16.1 Å². The lowest BCUT2D eigenvalue weighted by atomic mass is 9.89. The van der Waals surface area contributed by atoms with Crippen LogP contribution in [0.4, 0.5) is 0 Å². The third kappa shape index (κ3) is 6.54. The number of carbonyl (C=O) groups excluding carboxylic acids is 3. The first-order valence-corrected chi connectivity index (χ1v) is 11.3. The molecule has 0 atom stereocenters. The third-order valence-electron chi connectivity index (χ3n) is 5.82. The van der Waals surface area contributed by atoms with Crippen molar-refractivity contribution in [2.45, 2.75) is 45.6 Å². The van der Waals surface area contributed by atoms with E-state index in [9.17, 15) is 14.4 Å². The molecule has 0 spiro atoms. The van der Waals surface area contributed by atoms with E-state index < -0.39 is 0 Å². The van der Waals surface area contributed by atoms with Gasteiger partial charge < -0.3 is 19.5 Å². The molecule has 3 heterocycles. The minimum atomic E-state index is -0.165. The van der Waals surface area contributed by atoms with Crippen molar-refractivity contribution in [1.82, 2.24) is 20.1 Å². The van der Waals surface area contributed by atoms with Gasteiger partial charge in [-0.15, -0.1) is 0 Å². The molecule has 176 valence electrons. The molecule has 1 aliphatic heterocycles. The summed E-state index contributed by atoms with van der Waals surface area (Å²) in [6.45, 7) is 5.29. The molecule has 1 saturated heterocycles. The van der Waals surface area contributed by atoms with E-state index in [0.717, 1.165) is 30.0 Å². The number of hydrogen-bond donors (Lipinski definition) is 1. The van der Waals surface area contributed by atoms with Crippen molar-refractivity contribution in [2.75, 3.05) is 26.7 Å². The highest BCUT2D eigenvalue weighted by atomic mass is 16.3. The number of aryl methyl sites for hydroxylation is 1. The molecule has 1 fully saturated rings. The third-order valence-corrected chi connectivity index (χ3v) is 5.82. The molecule has 3 amide bonds. The number of rotatable bonds is 8. The number of furan rings is 1. The number of allylic oxidation sites excluding steroid dienone is 1. The summed E-state index contributed by atoms with van der Waals surface area (Å²) in [6, 6.07) is 7.34. The monoisotopic (exact) mass is 452 g/mol. The maximum atomic E-state index is 13.2. The van der Waals surface area contributed by atoms with Crippen LogP contribution in [0.5, 0.6) is 0 Å². The van der Waals surface area contributed by atoms with Crippen LogP contribution in [0.25, 0.3) is 0 Å². The van der Waals surface area contributed by atoms with E-state index in [1.165, 1.54) is 0 Å². The molecule has 0 bridgehead atoms. The summed E-state index contributed by atoms with van der Waals surface area (Å²) >= 11 is 0. The van der Waals surface area contributed by atoms with Crippen LogP contribution in [0.15, 0.2) is 47.1 Å². The molecular weight excluding hydrogens is 420 g/mol. The molecule has 8 nitrogen and oxygen atoms in total. The van der Waals surface area contributed by atoms with E-state index in [2.05, 4.69) is 5.32 Å². The number of nitrogens with zero attached hydrogens (tertiary/aromatic N) is 3. The number of hydrogen-bond acceptors (Lipinski definition) is 5. The Morgan fingerprint density at radius 2 is 2.00 bits per heavy atom. The number of pyridine rings is 1. The fraction of sp³-hybridized carbons (Fsp3) is 0.440. The first-order valence-electron chi connectivity index (χ1n) is 11.3. The van der Waals surface area contributed by atoms with Crippen LogP contribution >= 0.6 is 0 Å². The average Bonchev–Trinajstić information content (AvgIpc) is 3.33. The number of aromatic nitrogens is 1. The quantitative estimate of drug-likeness (QED) is 0.621. The first kappa shape index (κ1) is 24.2. The number of likely N-dealkylation sites (tertiary alicyclic amines) is 1. The van der Waals surface area contributed by atoms with Crippen LogP contribution in [0.1, 0.15) is 59.6 Å². The summed E-state index contributed by atoms with van der Waals surface area (Å²) in [7, 11) is 1.75. The van der Waals surface area contributed by atoms with Crippen molar-refractivity contribution >= 4 is 17.7 Å². The second kappa shape index (κ2) is 11.4. The van der Waals surface area contributed by atoms with Gasteiger partial charge in [0.15, 0.2) is 0 Å². The molecule has 0 aliphatic carbocycles. The van der Waals surface area contributed by atoms with Gasteiger partial charge in [-0.2, -0.15) is 0 Å². The number of nitrogens with one attached hydrogen (secondary N) is 1. The second-order valence-corrected chi connectivity index (χ2v) is 8.33. The van der Waals surface area contributed by atoms with Crippen molar-refractivity contribution in [2.24, 2.45) is 0 Å². The zero-order valence-corrected chi connectivity index (χ0v) is 19.5. The van der Waals surface area contributed by atoms with Crippen LogP contribution in [-0.4, -0.2) is 59.2 Å². The zero-order valence-electron chi connectivity index (χ0n) is 19.5. The molecule has 1 aliphatic rings. The van der Waals surface area contributed by atoms with Crippen molar-refractivity contribution < 1.29 is 18.8 Å². The Morgan fingerprint density at radius 1 is 1.24 bits per heavy atom. The molecule has 0 radical (unpaired) electrons. The normalized spacial score (nSPS) is 14.5. The maximum absolute atomic E-state index is 13.2. The van der Waals surface area contributed by atoms with Crippen LogP contribution in [0.2, 0.25) is 0 Å². The fourth-order valence-electron chi connectivity index (χ4n) is 3.97. The molecule has 33 heavy (non-hydrogen) atoms. The van der Waals surface area contributed by atoms with Gasteiger partial charge in [-0.1, -0.05) is 12.2 Å². The summed E-state index contributed by atoms with van der Waals surface area (Å²) < 4.78 is 5.37. The highest BCUT2D eigenvalue weighted by molar-refractivity contribution is 5.95. The van der Waals surface area contributed by atoms with E-state index in [1.54, 1.807) is 41.3 Å². The number of piperidine rings is 1. The van der Waals surface area contributed by atoms with Gasteiger partial charge in [-0.05, 0) is 51.0 Å². The van der Waals surface area contributed by atoms with Gasteiger partial charge >= 0.3 is 0 Å². The van der Waals surface area contributed by atoms with Crippen LogP contribution in [0, 0.1) is 6.92 Å². The standard InChI is InChI=1S/C25H32N4O4/c1-4-5-8-22(30)26-16-23(31)29-13-11-19(12-14-29)24-21(10-9-18(2)27-24)25(32)28(3)17-20-7-6-15-33-20/h4-7,9-10,15,19H,8,11-14,16-17H2,1-3H3,(H,26,30). The first-order chi connectivity index (χ1) is 15.9. The Morgan fingerprint density at radius 3 is 2.67 bits per heavy atom. The molecular formula is C25H32N4O4. The molecule has 0 unspecified atom stereocenters. The van der Waals surface area contributed by atoms with Gasteiger partial charge in [0.05, 0.1) is 30.6 Å². The Labute approximate surface area is 194 Å². The van der Waals surface area contributed by atoms with Crippen LogP contribution in [0.3, 0.4) is 0 Å². The number of amides is 3. The van der Waals surface area contributed by atoms with Gasteiger partial charge in [0.2, 0.25) is 11.8 Å². The van der Waals surface area contributed by atoms with Crippen molar-refractivity contribution in [3.63, 3.8) is 0 Å². The second-order valence-electron chi connectivity index (χ2n) is 8.33. The molecule has 1 N–H and O–H groups in total. The highest BCUT2D eigenvalue weighted by Gasteiger charge is 2.29. The predicted octanol–water partition coefficient (Wildman–Crippen LogP) is 3.04. The Bertz CT molecular complexity index is 992. The van der Waals surface area contributed by atoms with Crippen molar-refractivity contribution in [3.8, 4) is 0 Å². The summed E-state index contributed by atoms with van der Waals surface area (Å²) in [6.07, 6.45) is 6.86. The largest absolute Gasteiger partial charge is 0.467 e.